The molecule has 5 N–H and O–H groups in total. The number of nitrogens with two attached hydrogens (primary N) is 1. The molecule has 3 aliphatic heterocycles. The number of carbonyl (C=O) groups is 1. The molecule has 4 heterocycles. The highest BCUT2D eigenvalue weighted by atomic mass is 19.4. The highest BCUT2D eigenvalue weighted by Gasteiger charge is 2.39. The number of rotatable bonds is 9. The number of hydrogen-bond acceptors (Lipinski definition) is 8. The van der Waals surface area contributed by atoms with Gasteiger partial charge in [0.1, 0.15) is 0 Å². The van der Waals surface area contributed by atoms with E-state index < -0.39 is 23.3 Å². The number of nitrogens with zero attached hydrogens (tertiary/aromatic N) is 3. The molecule has 1 aromatic heterocycles. The number of hydrogen-bond donors (Lipinski definition) is 4. The maximum atomic E-state index is 13.1. The average Bonchev–Trinajstić information content (AvgIpc) is 2.88. The molecule has 2 bridgehead atoms. The molecule has 0 aliphatic carbocycles. The highest BCUT2D eigenvalue weighted by Crippen LogP contribution is 2.32. The third-order valence-corrected chi connectivity index (χ3v) is 6.80. The topological polar surface area (TPSA) is 126 Å². The molecule has 0 saturated carbocycles. The van der Waals surface area contributed by atoms with E-state index >= 15 is 0 Å². The zero-order valence-corrected chi connectivity index (χ0v) is 22.0. The zero-order valence-electron chi connectivity index (χ0n) is 22.0. The van der Waals surface area contributed by atoms with Gasteiger partial charge in [-0.05, 0) is 61.7 Å². The normalized spacial score (nSPS) is 21.6. The Bertz CT molecular complexity index is 1250. The van der Waals surface area contributed by atoms with Crippen LogP contribution >= 0.6 is 0 Å². The fourth-order valence-corrected chi connectivity index (χ4v) is 4.68. The van der Waals surface area contributed by atoms with Gasteiger partial charge in [-0.3, -0.25) is 9.69 Å². The number of fused-ring (bicyclic) bond motifs is 2. The lowest BCUT2D eigenvalue weighted by Gasteiger charge is -2.48. The van der Waals surface area contributed by atoms with Crippen LogP contribution in [0.3, 0.4) is 0 Å². The van der Waals surface area contributed by atoms with E-state index in [-0.39, 0.29) is 30.9 Å². The SMILES string of the molecule is Cc1ccc(NC(=O)c2cc(C(F)(F)F)cnn2)cc1C(/C=C(\N)N[C@H](C)CO)=C/C(C)N1CC2CC(C1)O2. The van der Waals surface area contributed by atoms with Crippen molar-refractivity contribution in [2.75, 3.05) is 25.0 Å². The van der Waals surface area contributed by atoms with E-state index in [1.807, 2.05) is 6.92 Å². The van der Waals surface area contributed by atoms with Gasteiger partial charge in [-0.1, -0.05) is 12.1 Å². The van der Waals surface area contributed by atoms with E-state index in [4.69, 9.17) is 10.5 Å². The fourth-order valence-electron chi connectivity index (χ4n) is 4.68. The van der Waals surface area contributed by atoms with Crippen molar-refractivity contribution in [2.24, 2.45) is 5.73 Å². The van der Waals surface area contributed by atoms with Crippen molar-refractivity contribution >= 4 is 17.2 Å². The van der Waals surface area contributed by atoms with Gasteiger partial charge in [0, 0.05) is 37.3 Å². The van der Waals surface area contributed by atoms with Gasteiger partial charge in [0.15, 0.2) is 5.69 Å². The van der Waals surface area contributed by atoms with Crippen LogP contribution in [0.2, 0.25) is 0 Å². The van der Waals surface area contributed by atoms with Crippen LogP contribution in [0.4, 0.5) is 18.9 Å². The number of aliphatic hydroxyl groups is 1. The number of aryl methyl sites for hydroxylation is 1. The van der Waals surface area contributed by atoms with Crippen molar-refractivity contribution in [2.45, 2.75) is 57.7 Å². The molecule has 2 aromatic rings. The Morgan fingerprint density at radius 2 is 1.97 bits per heavy atom. The Labute approximate surface area is 224 Å². The van der Waals surface area contributed by atoms with E-state index in [0.717, 1.165) is 36.2 Å². The first-order valence-electron chi connectivity index (χ1n) is 12.7. The lowest BCUT2D eigenvalue weighted by molar-refractivity contribution is -0.184. The number of morpholine rings is 1. The van der Waals surface area contributed by atoms with Gasteiger partial charge < -0.3 is 26.2 Å². The van der Waals surface area contributed by atoms with Crippen LogP contribution < -0.4 is 16.4 Å². The van der Waals surface area contributed by atoms with Crippen molar-refractivity contribution in [3.05, 3.63) is 70.8 Å². The monoisotopic (exact) mass is 546 g/mol. The molecule has 5 rings (SSSR count). The van der Waals surface area contributed by atoms with Crippen LogP contribution in [-0.2, 0) is 10.9 Å². The smallest absolute Gasteiger partial charge is 0.394 e. The lowest BCUT2D eigenvalue weighted by Crippen LogP contribution is -2.59. The molecule has 39 heavy (non-hydrogen) atoms. The van der Waals surface area contributed by atoms with Crippen LogP contribution in [0.5, 0.6) is 0 Å². The minimum absolute atomic E-state index is 0.0477. The van der Waals surface area contributed by atoms with E-state index in [1.165, 1.54) is 0 Å². The Kier molecular flexibility index (Phi) is 8.57. The quantitative estimate of drug-likeness (QED) is 0.354. The number of benzene rings is 1. The number of piperidine rings is 1. The molecule has 9 nitrogen and oxygen atoms in total. The molecule has 1 aromatic carbocycles. The summed E-state index contributed by atoms with van der Waals surface area (Å²) in [6.45, 7) is 7.35. The van der Waals surface area contributed by atoms with Crippen LogP contribution in [-0.4, -0.2) is 70.1 Å². The summed E-state index contributed by atoms with van der Waals surface area (Å²) in [4.78, 5) is 15.1. The standard InChI is InChI=1S/C27H33F3N6O3/c1-15-4-5-20(34-26(38)24-8-19(11-32-35-24)27(28,29)30)9-23(15)18(7-25(31)33-16(2)14-37)6-17(3)36-12-21-10-22(13-36)39-21/h4-9,11,16-17,21-22,33,37H,10,12-14,31H2,1-3H3,(H,34,38)/b18-6+,25-7+/t16-,17?,21?,22?/m1/s1. The van der Waals surface area contributed by atoms with E-state index in [2.05, 4.69) is 38.7 Å². The summed E-state index contributed by atoms with van der Waals surface area (Å²) < 4.78 is 44.9. The van der Waals surface area contributed by atoms with Crippen LogP contribution in [0, 0.1) is 6.92 Å². The van der Waals surface area contributed by atoms with Crippen molar-refractivity contribution < 1.29 is 27.8 Å². The van der Waals surface area contributed by atoms with Gasteiger partial charge in [0.05, 0.1) is 36.4 Å². The first-order valence-corrected chi connectivity index (χ1v) is 12.7. The van der Waals surface area contributed by atoms with Gasteiger partial charge in [0.2, 0.25) is 0 Å². The number of amides is 1. The summed E-state index contributed by atoms with van der Waals surface area (Å²) in [5.41, 5.74) is 7.57. The van der Waals surface area contributed by atoms with E-state index in [1.54, 1.807) is 31.2 Å². The average molecular weight is 547 g/mol. The van der Waals surface area contributed by atoms with Gasteiger partial charge in [-0.2, -0.15) is 18.3 Å². The Balaban J connectivity index is 1.63. The maximum absolute atomic E-state index is 13.1. The number of alkyl halides is 3. The fraction of sp³-hybridized carbons (Fsp3) is 0.444. The second kappa shape index (κ2) is 11.7. The molecule has 3 fully saturated rings. The summed E-state index contributed by atoms with van der Waals surface area (Å²) in [5, 5.41) is 21.9. The summed E-state index contributed by atoms with van der Waals surface area (Å²) >= 11 is 0. The highest BCUT2D eigenvalue weighted by molar-refractivity contribution is 6.03. The molecule has 3 aliphatic rings. The van der Waals surface area contributed by atoms with Crippen LogP contribution in [0.25, 0.3) is 5.57 Å². The van der Waals surface area contributed by atoms with Crippen molar-refractivity contribution in [3.8, 4) is 0 Å². The second-order valence-electron chi connectivity index (χ2n) is 10.1. The predicted octanol–water partition coefficient (Wildman–Crippen LogP) is 3.07. The third kappa shape index (κ3) is 7.14. The zero-order chi connectivity index (χ0) is 28.3. The summed E-state index contributed by atoms with van der Waals surface area (Å²) in [5.74, 6) is -0.462. The number of carbonyl (C=O) groups excluding carboxylic acids is 1. The predicted molar refractivity (Wildman–Crippen MR) is 140 cm³/mol. The first kappa shape index (κ1) is 28.5. The Hall–Kier alpha value is -3.48. The largest absolute Gasteiger partial charge is 0.418 e. The molecule has 4 atom stereocenters. The van der Waals surface area contributed by atoms with Crippen molar-refractivity contribution in [3.63, 3.8) is 0 Å². The molecular formula is C27H33F3N6O3. The molecule has 3 saturated heterocycles. The summed E-state index contributed by atoms with van der Waals surface area (Å²) in [6.07, 6.45) is 1.34. The van der Waals surface area contributed by atoms with Gasteiger partial charge in [-0.15, -0.1) is 5.10 Å². The minimum atomic E-state index is -4.65. The number of halogens is 3. The molecule has 0 radical (unpaired) electrons. The van der Waals surface area contributed by atoms with Crippen molar-refractivity contribution in [1.82, 2.24) is 20.4 Å². The Morgan fingerprint density at radius 1 is 1.28 bits per heavy atom. The molecule has 3 unspecified atom stereocenters. The molecule has 1 amide bonds. The molecule has 210 valence electrons. The van der Waals surface area contributed by atoms with E-state index in [0.29, 0.717) is 23.8 Å². The first-order chi connectivity index (χ1) is 18.4. The van der Waals surface area contributed by atoms with E-state index in [9.17, 15) is 23.1 Å². The summed E-state index contributed by atoms with van der Waals surface area (Å²) in [6, 6.07) is 5.66. The lowest BCUT2D eigenvalue weighted by atomic mass is 9.94. The molecule has 0 spiro atoms. The molecule has 12 heteroatoms. The minimum Gasteiger partial charge on any atom is -0.394 e. The number of allylic oxidation sites excluding steroid dienone is 2. The van der Waals surface area contributed by atoms with Gasteiger partial charge >= 0.3 is 6.18 Å². The van der Waals surface area contributed by atoms with Crippen molar-refractivity contribution in [1.29, 1.82) is 0 Å². The second-order valence-corrected chi connectivity index (χ2v) is 10.1. The number of anilines is 1. The number of ether oxygens (including phenoxy) is 1. The Morgan fingerprint density at radius 3 is 2.62 bits per heavy atom. The molecular weight excluding hydrogens is 513 g/mol. The third-order valence-electron chi connectivity index (χ3n) is 6.80. The number of aliphatic hydroxyl groups excluding tert-OH is 1. The van der Waals surface area contributed by atoms with Gasteiger partial charge in [-0.25, -0.2) is 0 Å². The number of aromatic nitrogens is 2. The summed E-state index contributed by atoms with van der Waals surface area (Å²) in [7, 11) is 0. The maximum Gasteiger partial charge on any atom is 0.418 e. The van der Waals surface area contributed by atoms with Gasteiger partial charge in [0.25, 0.3) is 5.91 Å². The number of nitrogens with one attached hydrogen (secondary N) is 2. The van der Waals surface area contributed by atoms with Crippen LogP contribution in [0.1, 0.15) is 47.4 Å². The van der Waals surface area contributed by atoms with Crippen LogP contribution in [0.15, 0.2) is 48.4 Å².